The normalized spacial score (nSPS) is 12.6. The topological polar surface area (TPSA) is 198 Å². The van der Waals surface area contributed by atoms with E-state index in [2.05, 4.69) is 15.4 Å². The van der Waals surface area contributed by atoms with Gasteiger partial charge in [0.05, 0.1) is 20.1 Å². The Balaban J connectivity index is 3.41. The van der Waals surface area contributed by atoms with E-state index in [4.69, 9.17) is 10.5 Å². The van der Waals surface area contributed by atoms with Gasteiger partial charge in [-0.15, -0.1) is 0 Å². The largest absolute Gasteiger partial charge is 0.508 e. The summed E-state index contributed by atoms with van der Waals surface area (Å²) in [6.45, 7) is 3.27. The Morgan fingerprint density at radius 1 is 1.17 bits per heavy atom. The van der Waals surface area contributed by atoms with Crippen molar-refractivity contribution in [2.45, 2.75) is 44.9 Å². The number of nitrogens with zero attached hydrogens (tertiary/aromatic N) is 1. The van der Waals surface area contributed by atoms with Crippen molar-refractivity contribution in [2.75, 3.05) is 26.8 Å². The summed E-state index contributed by atoms with van der Waals surface area (Å²) in [5, 5.41) is 24.1. The zero-order valence-electron chi connectivity index (χ0n) is 20.1. The van der Waals surface area contributed by atoms with E-state index in [1.54, 1.807) is 20.8 Å². The molecular formula is C22H32N4O9. The summed E-state index contributed by atoms with van der Waals surface area (Å²) in [6, 6.07) is 2.40. The van der Waals surface area contributed by atoms with E-state index in [1.165, 1.54) is 24.3 Å². The number of primary amides is 1. The molecule has 1 rings (SSSR count). The lowest BCUT2D eigenvalue weighted by Gasteiger charge is -2.33. The number of benzene rings is 1. The number of aliphatic hydroxyl groups is 1. The smallest absolute Gasteiger partial charge is 0.408 e. The minimum atomic E-state index is -1.54. The number of carbonyl (C=O) groups is 5. The molecule has 1 aromatic carbocycles. The molecule has 4 amide bonds. The van der Waals surface area contributed by atoms with E-state index in [9.17, 15) is 34.2 Å². The summed E-state index contributed by atoms with van der Waals surface area (Å²) in [4.78, 5) is 62.9. The van der Waals surface area contributed by atoms with Crippen LogP contribution in [0.15, 0.2) is 24.3 Å². The Morgan fingerprint density at radius 3 is 2.34 bits per heavy atom. The minimum absolute atomic E-state index is 0.129. The fourth-order valence-electron chi connectivity index (χ4n) is 3.02. The molecule has 1 aromatic rings. The van der Waals surface area contributed by atoms with Crippen molar-refractivity contribution in [3.05, 3.63) is 29.8 Å². The molecule has 6 N–H and O–H groups in total. The second kappa shape index (κ2) is 13.1. The predicted molar refractivity (Wildman–Crippen MR) is 122 cm³/mol. The highest BCUT2D eigenvalue weighted by Gasteiger charge is 2.37. The Labute approximate surface area is 202 Å². The van der Waals surface area contributed by atoms with Gasteiger partial charge in [0.1, 0.15) is 30.0 Å². The molecule has 0 aliphatic rings. The maximum absolute atomic E-state index is 13.5. The van der Waals surface area contributed by atoms with E-state index in [0.29, 0.717) is 0 Å². The third kappa shape index (κ3) is 9.88. The van der Waals surface area contributed by atoms with Crippen LogP contribution in [0, 0.1) is 0 Å². The van der Waals surface area contributed by atoms with Gasteiger partial charge in [0.2, 0.25) is 17.7 Å². The van der Waals surface area contributed by atoms with Gasteiger partial charge in [-0.2, -0.15) is 0 Å². The van der Waals surface area contributed by atoms with E-state index in [-0.39, 0.29) is 11.3 Å². The van der Waals surface area contributed by atoms with Gasteiger partial charge in [-0.1, -0.05) is 12.1 Å². The zero-order valence-corrected chi connectivity index (χ0v) is 20.1. The lowest BCUT2D eigenvalue weighted by Crippen LogP contribution is -2.54. The van der Waals surface area contributed by atoms with Crippen molar-refractivity contribution in [1.29, 1.82) is 0 Å². The lowest BCUT2D eigenvalue weighted by atomic mass is 10.0. The molecule has 13 nitrogen and oxygen atoms in total. The van der Waals surface area contributed by atoms with Crippen LogP contribution in [0.5, 0.6) is 5.75 Å². The third-order valence-corrected chi connectivity index (χ3v) is 4.40. The highest BCUT2D eigenvalue weighted by atomic mass is 16.6. The molecule has 194 valence electrons. The van der Waals surface area contributed by atoms with E-state index in [1.807, 2.05) is 0 Å². The van der Waals surface area contributed by atoms with Crippen LogP contribution in [-0.4, -0.2) is 83.3 Å². The molecule has 0 saturated carbocycles. The van der Waals surface area contributed by atoms with Gasteiger partial charge in [0.15, 0.2) is 0 Å². The first kappa shape index (κ1) is 29.2. The van der Waals surface area contributed by atoms with Gasteiger partial charge in [-0.05, 0) is 38.5 Å². The third-order valence-electron chi connectivity index (χ3n) is 4.40. The van der Waals surface area contributed by atoms with E-state index < -0.39 is 73.6 Å². The number of nitrogens with two attached hydrogens (primary N) is 1. The van der Waals surface area contributed by atoms with Crippen LogP contribution in [0.25, 0.3) is 0 Å². The number of phenolic OH excluding ortho intramolecular Hbond substituents is 1. The van der Waals surface area contributed by atoms with Crippen LogP contribution >= 0.6 is 0 Å². The van der Waals surface area contributed by atoms with Crippen molar-refractivity contribution in [3.8, 4) is 5.75 Å². The first-order chi connectivity index (χ1) is 16.3. The van der Waals surface area contributed by atoms with Crippen LogP contribution in [0.4, 0.5) is 4.79 Å². The molecule has 0 spiro atoms. The molecule has 0 saturated heterocycles. The average Bonchev–Trinajstić information content (AvgIpc) is 2.74. The Hall–Kier alpha value is -3.87. The molecule has 35 heavy (non-hydrogen) atoms. The van der Waals surface area contributed by atoms with Crippen LogP contribution in [0.2, 0.25) is 0 Å². The van der Waals surface area contributed by atoms with Crippen LogP contribution in [0.1, 0.15) is 38.8 Å². The number of nitrogens with one attached hydrogen (secondary N) is 2. The van der Waals surface area contributed by atoms with Gasteiger partial charge in [0, 0.05) is 6.54 Å². The molecule has 0 bridgehead atoms. The minimum Gasteiger partial charge on any atom is -0.508 e. The van der Waals surface area contributed by atoms with Gasteiger partial charge in [-0.25, -0.2) is 4.79 Å². The molecule has 2 unspecified atom stereocenters. The molecule has 0 fully saturated rings. The van der Waals surface area contributed by atoms with Gasteiger partial charge in [-0.3, -0.25) is 19.2 Å². The second-order valence-electron chi connectivity index (χ2n) is 8.42. The number of carbonyl (C=O) groups excluding carboxylic acids is 5. The van der Waals surface area contributed by atoms with Gasteiger partial charge >= 0.3 is 12.1 Å². The first-order valence-electron chi connectivity index (χ1n) is 10.6. The Morgan fingerprint density at radius 2 is 1.83 bits per heavy atom. The van der Waals surface area contributed by atoms with Crippen LogP contribution < -0.4 is 16.4 Å². The average molecular weight is 497 g/mol. The van der Waals surface area contributed by atoms with Crippen LogP contribution in [-0.2, 0) is 28.7 Å². The highest BCUT2D eigenvalue weighted by Crippen LogP contribution is 2.25. The number of hydrogen-bond donors (Lipinski definition) is 5. The van der Waals surface area contributed by atoms with Crippen molar-refractivity contribution in [1.82, 2.24) is 15.5 Å². The number of amides is 4. The number of rotatable bonds is 11. The maximum atomic E-state index is 13.5. The van der Waals surface area contributed by atoms with Gasteiger partial charge < -0.3 is 41.0 Å². The quantitative estimate of drug-likeness (QED) is 0.246. The fraction of sp³-hybridized carbons (Fsp3) is 0.500. The van der Waals surface area contributed by atoms with Crippen molar-refractivity contribution >= 4 is 29.8 Å². The second-order valence-corrected chi connectivity index (χ2v) is 8.42. The predicted octanol–water partition coefficient (Wildman–Crippen LogP) is -0.688. The molecule has 0 aromatic heterocycles. The van der Waals surface area contributed by atoms with E-state index in [0.717, 1.165) is 12.0 Å². The Kier molecular flexibility index (Phi) is 10.9. The number of aliphatic hydroxyl groups excluding tert-OH is 1. The number of phenols is 1. The zero-order chi connectivity index (χ0) is 26.8. The number of methoxy groups -OCH3 is 1. The monoisotopic (exact) mass is 496 g/mol. The van der Waals surface area contributed by atoms with Crippen molar-refractivity contribution in [3.63, 3.8) is 0 Å². The lowest BCUT2D eigenvalue weighted by molar-refractivity contribution is -0.145. The standard InChI is InChI=1S/C22H32N4O9/c1-22(2,3)35-21(33)25-15(11-16(23)29)20(32)26(8-9-27)18(13-6-5-7-14(28)10-13)19(31)24-12-17(30)34-4/h5-7,10,15,18,27-28H,8-9,11-12H2,1-4H3,(H2,23,29)(H,24,31)(H,25,33). The molecular weight excluding hydrogens is 464 g/mol. The van der Waals surface area contributed by atoms with Crippen molar-refractivity contribution in [2.24, 2.45) is 5.73 Å². The molecule has 13 heteroatoms. The molecule has 0 heterocycles. The maximum Gasteiger partial charge on any atom is 0.408 e. The summed E-state index contributed by atoms with van der Waals surface area (Å²) >= 11 is 0. The molecule has 0 radical (unpaired) electrons. The summed E-state index contributed by atoms with van der Waals surface area (Å²) < 4.78 is 9.64. The van der Waals surface area contributed by atoms with E-state index >= 15 is 0 Å². The SMILES string of the molecule is COC(=O)CNC(=O)C(c1cccc(O)c1)N(CCO)C(=O)C(CC(N)=O)NC(=O)OC(C)(C)C. The number of ether oxygens (including phenoxy) is 2. The number of hydrogen-bond acceptors (Lipinski definition) is 9. The van der Waals surface area contributed by atoms with Crippen LogP contribution in [0.3, 0.4) is 0 Å². The summed E-state index contributed by atoms with van der Waals surface area (Å²) in [5.41, 5.74) is 4.48. The Bertz CT molecular complexity index is 930. The molecule has 0 aliphatic heterocycles. The number of alkyl carbamates (subject to hydrolysis) is 1. The van der Waals surface area contributed by atoms with Gasteiger partial charge in [0.25, 0.3) is 0 Å². The number of aromatic hydroxyl groups is 1. The van der Waals surface area contributed by atoms with Crippen molar-refractivity contribution < 1.29 is 43.7 Å². The first-order valence-corrected chi connectivity index (χ1v) is 10.6. The summed E-state index contributed by atoms with van der Waals surface area (Å²) in [7, 11) is 1.12. The highest BCUT2D eigenvalue weighted by molar-refractivity contribution is 5.95. The summed E-state index contributed by atoms with van der Waals surface area (Å²) in [5.74, 6) is -3.69. The molecule has 2 atom stereocenters. The molecule has 0 aliphatic carbocycles. The number of esters is 1. The fourth-order valence-corrected chi connectivity index (χ4v) is 3.02. The summed E-state index contributed by atoms with van der Waals surface area (Å²) in [6.07, 6.45) is -1.64.